The SMILES string of the molecule is C=C[C@@H]1CCN(C(=O)CC#N)C[C@@H]1N(C)c1ncnc2c1ccn2C(=O)N1C[C@@H]2C[C@H]1CN2. The van der Waals surface area contributed by atoms with E-state index in [1.54, 1.807) is 15.7 Å². The lowest BCUT2D eigenvalue weighted by Gasteiger charge is -2.42. The molecule has 0 spiro atoms. The highest BCUT2D eigenvalue weighted by atomic mass is 16.2. The molecule has 0 saturated carbocycles. The van der Waals surface area contributed by atoms with Crippen LogP contribution in [0.3, 0.4) is 0 Å². The summed E-state index contributed by atoms with van der Waals surface area (Å²) in [4.78, 5) is 40.3. The molecule has 33 heavy (non-hydrogen) atoms. The van der Waals surface area contributed by atoms with Crippen LogP contribution in [0.5, 0.6) is 0 Å². The second-order valence-electron chi connectivity index (χ2n) is 9.09. The van der Waals surface area contributed by atoms with E-state index in [1.807, 2.05) is 30.2 Å². The van der Waals surface area contributed by atoms with Crippen molar-refractivity contribution in [3.8, 4) is 6.07 Å². The van der Waals surface area contributed by atoms with Crippen molar-refractivity contribution in [1.82, 2.24) is 29.7 Å². The van der Waals surface area contributed by atoms with Crippen LogP contribution in [0.25, 0.3) is 11.0 Å². The molecule has 2 aromatic heterocycles. The molecular weight excluding hydrogens is 420 g/mol. The molecule has 2 bridgehead atoms. The van der Waals surface area contributed by atoms with Gasteiger partial charge in [0.2, 0.25) is 5.91 Å². The highest BCUT2D eigenvalue weighted by molar-refractivity contribution is 5.95. The first-order valence-electron chi connectivity index (χ1n) is 11.4. The first-order chi connectivity index (χ1) is 16.0. The number of nitrogens with zero attached hydrogens (tertiary/aromatic N) is 7. The molecular formula is C23H28N8O2. The van der Waals surface area contributed by atoms with Crippen molar-refractivity contribution in [2.75, 3.05) is 38.1 Å². The lowest BCUT2D eigenvalue weighted by atomic mass is 9.90. The quantitative estimate of drug-likeness (QED) is 0.700. The number of aromatic nitrogens is 3. The molecule has 10 nitrogen and oxygen atoms in total. The molecule has 5 rings (SSSR count). The third-order valence-corrected chi connectivity index (χ3v) is 7.32. The summed E-state index contributed by atoms with van der Waals surface area (Å²) in [5, 5.41) is 13.1. The predicted molar refractivity (Wildman–Crippen MR) is 123 cm³/mol. The molecule has 0 aliphatic carbocycles. The van der Waals surface area contributed by atoms with E-state index < -0.39 is 0 Å². The molecule has 3 fully saturated rings. The normalized spacial score (nSPS) is 26.4. The molecule has 172 valence electrons. The van der Waals surface area contributed by atoms with Gasteiger partial charge in [-0.2, -0.15) is 5.26 Å². The van der Waals surface area contributed by atoms with Gasteiger partial charge in [0.05, 0.1) is 17.5 Å². The Bertz CT molecular complexity index is 1140. The molecule has 1 N–H and O–H groups in total. The monoisotopic (exact) mass is 448 g/mol. The topological polar surface area (TPSA) is 110 Å². The average Bonchev–Trinajstić information content (AvgIpc) is 3.58. The minimum Gasteiger partial charge on any atom is -0.354 e. The summed E-state index contributed by atoms with van der Waals surface area (Å²) in [5.74, 6) is 0.725. The number of carbonyl (C=O) groups is 2. The number of likely N-dealkylation sites (N-methyl/N-ethyl adjacent to an activating group) is 1. The number of rotatable bonds is 4. The van der Waals surface area contributed by atoms with Crippen LogP contribution in [-0.4, -0.2) is 87.6 Å². The third kappa shape index (κ3) is 3.62. The Morgan fingerprint density at radius 2 is 2.24 bits per heavy atom. The van der Waals surface area contributed by atoms with Crippen LogP contribution in [0, 0.1) is 17.2 Å². The standard InChI is InChI=1S/C23H28N8O2/c1-3-15-5-8-29(20(32)4-7-24)13-19(15)28(2)21-18-6-9-30(22(18)27-14-26-21)23(33)31-12-16-10-17(31)11-25-16/h3,6,9,14-17,19,25H,1,4-5,8,10-13H2,2H3/t15-,16+,17+,19+/m1/s1. The first kappa shape index (κ1) is 21.4. The molecule has 2 amide bonds. The van der Waals surface area contributed by atoms with Crippen LogP contribution in [0.1, 0.15) is 19.3 Å². The van der Waals surface area contributed by atoms with E-state index in [0.717, 1.165) is 31.3 Å². The number of likely N-dealkylation sites (tertiary alicyclic amines) is 2. The summed E-state index contributed by atoms with van der Waals surface area (Å²) >= 11 is 0. The van der Waals surface area contributed by atoms with Crippen LogP contribution < -0.4 is 10.2 Å². The number of hydrogen-bond donors (Lipinski definition) is 1. The molecule has 3 aliphatic heterocycles. The van der Waals surface area contributed by atoms with E-state index in [4.69, 9.17) is 5.26 Å². The van der Waals surface area contributed by atoms with Gasteiger partial charge in [-0.15, -0.1) is 6.58 Å². The largest absolute Gasteiger partial charge is 0.354 e. The fraction of sp³-hybridized carbons (Fsp3) is 0.522. The van der Waals surface area contributed by atoms with Crippen molar-refractivity contribution in [2.45, 2.75) is 37.4 Å². The number of carbonyl (C=O) groups excluding carboxylic acids is 2. The van der Waals surface area contributed by atoms with Gasteiger partial charge in [0.25, 0.3) is 0 Å². The lowest BCUT2D eigenvalue weighted by molar-refractivity contribution is -0.131. The van der Waals surface area contributed by atoms with Gasteiger partial charge < -0.3 is 20.0 Å². The molecule has 0 radical (unpaired) electrons. The van der Waals surface area contributed by atoms with Crippen molar-refractivity contribution >= 4 is 28.8 Å². The zero-order valence-electron chi connectivity index (χ0n) is 18.7. The summed E-state index contributed by atoms with van der Waals surface area (Å²) in [6, 6.07) is 4.35. The Labute approximate surface area is 192 Å². The number of nitriles is 1. The van der Waals surface area contributed by atoms with Gasteiger partial charge in [-0.3, -0.25) is 9.36 Å². The van der Waals surface area contributed by atoms with E-state index in [0.29, 0.717) is 30.6 Å². The Morgan fingerprint density at radius 3 is 2.94 bits per heavy atom. The molecule has 10 heteroatoms. The highest BCUT2D eigenvalue weighted by Gasteiger charge is 2.41. The van der Waals surface area contributed by atoms with Crippen molar-refractivity contribution in [2.24, 2.45) is 5.92 Å². The maximum atomic E-state index is 13.3. The van der Waals surface area contributed by atoms with E-state index in [9.17, 15) is 9.59 Å². The number of hydrogen-bond acceptors (Lipinski definition) is 7. The van der Waals surface area contributed by atoms with Gasteiger partial charge in [0.15, 0.2) is 5.65 Å². The Hall–Kier alpha value is -3.45. The second kappa shape index (κ2) is 8.48. The Morgan fingerprint density at radius 1 is 1.39 bits per heavy atom. The lowest BCUT2D eigenvalue weighted by Crippen LogP contribution is -2.53. The number of fused-ring (bicyclic) bond motifs is 3. The molecule has 4 atom stereocenters. The van der Waals surface area contributed by atoms with Crippen LogP contribution >= 0.6 is 0 Å². The van der Waals surface area contributed by atoms with Crippen molar-refractivity contribution in [3.05, 3.63) is 31.2 Å². The van der Waals surface area contributed by atoms with Crippen molar-refractivity contribution < 1.29 is 9.59 Å². The molecule has 0 unspecified atom stereocenters. The fourth-order valence-corrected chi connectivity index (χ4v) is 5.50. The van der Waals surface area contributed by atoms with Gasteiger partial charge in [-0.25, -0.2) is 14.8 Å². The summed E-state index contributed by atoms with van der Waals surface area (Å²) in [6.07, 6.45) is 6.84. The Kier molecular flexibility index (Phi) is 5.50. The highest BCUT2D eigenvalue weighted by Crippen LogP contribution is 2.31. The molecule has 2 aromatic rings. The van der Waals surface area contributed by atoms with Crippen LogP contribution in [0.15, 0.2) is 31.2 Å². The number of nitrogens with one attached hydrogen (secondary N) is 1. The van der Waals surface area contributed by atoms with Gasteiger partial charge >= 0.3 is 6.03 Å². The van der Waals surface area contributed by atoms with Crippen molar-refractivity contribution in [1.29, 1.82) is 5.26 Å². The zero-order chi connectivity index (χ0) is 23.1. The maximum absolute atomic E-state index is 13.3. The van der Waals surface area contributed by atoms with E-state index in [2.05, 4.69) is 26.8 Å². The molecule has 3 aliphatic rings. The van der Waals surface area contributed by atoms with E-state index in [-0.39, 0.29) is 36.4 Å². The van der Waals surface area contributed by atoms with Gasteiger partial charge in [0, 0.05) is 57.4 Å². The smallest absolute Gasteiger partial charge is 0.330 e. The van der Waals surface area contributed by atoms with Crippen LogP contribution in [-0.2, 0) is 4.79 Å². The van der Waals surface area contributed by atoms with Crippen molar-refractivity contribution in [3.63, 3.8) is 0 Å². The van der Waals surface area contributed by atoms with E-state index in [1.165, 1.54) is 6.33 Å². The Balaban J connectivity index is 1.43. The summed E-state index contributed by atoms with van der Waals surface area (Å²) < 4.78 is 1.61. The number of anilines is 1. The summed E-state index contributed by atoms with van der Waals surface area (Å²) in [7, 11) is 1.95. The number of piperazine rings is 1. The van der Waals surface area contributed by atoms with Gasteiger partial charge in [0.1, 0.15) is 18.6 Å². The second-order valence-corrected chi connectivity index (χ2v) is 9.09. The average molecular weight is 449 g/mol. The summed E-state index contributed by atoms with van der Waals surface area (Å²) in [5.41, 5.74) is 0.580. The number of amides is 2. The predicted octanol–water partition coefficient (Wildman–Crippen LogP) is 1.20. The molecule has 5 heterocycles. The number of piperidine rings is 1. The minimum absolute atomic E-state index is 0.0450. The van der Waals surface area contributed by atoms with Crippen LogP contribution in [0.4, 0.5) is 10.6 Å². The molecule has 0 aromatic carbocycles. The minimum atomic E-state index is -0.155. The maximum Gasteiger partial charge on any atom is 0.330 e. The fourth-order valence-electron chi connectivity index (χ4n) is 5.50. The third-order valence-electron chi connectivity index (χ3n) is 7.32. The summed E-state index contributed by atoms with van der Waals surface area (Å²) in [6.45, 7) is 6.65. The van der Waals surface area contributed by atoms with Crippen LogP contribution in [0.2, 0.25) is 0 Å². The van der Waals surface area contributed by atoms with Gasteiger partial charge in [-0.05, 0) is 18.9 Å². The molecule has 3 saturated heterocycles. The van der Waals surface area contributed by atoms with E-state index >= 15 is 0 Å². The zero-order valence-corrected chi connectivity index (χ0v) is 18.7. The van der Waals surface area contributed by atoms with Gasteiger partial charge in [-0.1, -0.05) is 6.08 Å². The first-order valence-corrected chi connectivity index (χ1v) is 11.4.